The third-order valence-corrected chi connectivity index (χ3v) is 4.69. The van der Waals surface area contributed by atoms with Crippen molar-refractivity contribution in [3.05, 3.63) is 46.4 Å². The minimum absolute atomic E-state index is 0.0169. The van der Waals surface area contributed by atoms with E-state index in [0.717, 1.165) is 15.8 Å². The SMILES string of the molecule is COc1ccc(C(C)NCC(=O)Nc2ccc3c(c2)OCCO3)cc1Br. The highest BCUT2D eigenvalue weighted by atomic mass is 79.9. The zero-order chi connectivity index (χ0) is 18.5. The number of ether oxygens (including phenoxy) is 3. The first-order valence-electron chi connectivity index (χ1n) is 8.33. The largest absolute Gasteiger partial charge is 0.496 e. The molecule has 0 aliphatic carbocycles. The van der Waals surface area contributed by atoms with Crippen LogP contribution in [0, 0.1) is 0 Å². The van der Waals surface area contributed by atoms with Gasteiger partial charge in [0.2, 0.25) is 5.91 Å². The van der Waals surface area contributed by atoms with Crippen LogP contribution in [0.3, 0.4) is 0 Å². The van der Waals surface area contributed by atoms with E-state index in [4.69, 9.17) is 14.2 Å². The molecule has 3 rings (SSSR count). The van der Waals surface area contributed by atoms with Crippen molar-refractivity contribution in [3.63, 3.8) is 0 Å². The molecule has 6 nitrogen and oxygen atoms in total. The second kappa shape index (κ2) is 8.42. The van der Waals surface area contributed by atoms with Crippen LogP contribution in [0.4, 0.5) is 5.69 Å². The molecule has 0 fully saturated rings. The smallest absolute Gasteiger partial charge is 0.238 e. The highest BCUT2D eigenvalue weighted by Gasteiger charge is 2.14. The molecule has 0 radical (unpaired) electrons. The molecule has 2 aromatic carbocycles. The first-order chi connectivity index (χ1) is 12.6. The molecule has 7 heteroatoms. The Morgan fingerprint density at radius 2 is 1.96 bits per heavy atom. The summed E-state index contributed by atoms with van der Waals surface area (Å²) in [5.74, 6) is 2.00. The predicted octanol–water partition coefficient (Wildman–Crippen LogP) is 3.52. The maximum Gasteiger partial charge on any atom is 0.238 e. The van der Waals surface area contributed by atoms with Crippen molar-refractivity contribution >= 4 is 27.5 Å². The molecular formula is C19H21BrN2O4. The minimum atomic E-state index is -0.124. The number of rotatable bonds is 6. The van der Waals surface area contributed by atoms with Gasteiger partial charge in [0, 0.05) is 17.8 Å². The molecule has 26 heavy (non-hydrogen) atoms. The van der Waals surface area contributed by atoms with E-state index in [9.17, 15) is 4.79 Å². The molecule has 138 valence electrons. The van der Waals surface area contributed by atoms with Crippen LogP contribution in [0.25, 0.3) is 0 Å². The van der Waals surface area contributed by atoms with Gasteiger partial charge in [-0.25, -0.2) is 0 Å². The number of nitrogens with one attached hydrogen (secondary N) is 2. The lowest BCUT2D eigenvalue weighted by atomic mass is 10.1. The molecule has 2 N–H and O–H groups in total. The highest BCUT2D eigenvalue weighted by Crippen LogP contribution is 2.32. The van der Waals surface area contributed by atoms with E-state index in [1.807, 2.05) is 25.1 Å². The summed E-state index contributed by atoms with van der Waals surface area (Å²) < 4.78 is 17.1. The average molecular weight is 421 g/mol. The molecule has 0 bridgehead atoms. The van der Waals surface area contributed by atoms with Gasteiger partial charge < -0.3 is 24.8 Å². The lowest BCUT2D eigenvalue weighted by Gasteiger charge is -2.19. The fraction of sp³-hybridized carbons (Fsp3) is 0.316. The summed E-state index contributed by atoms with van der Waals surface area (Å²) in [5.41, 5.74) is 1.74. The molecule has 2 aromatic rings. The number of carbonyl (C=O) groups excluding carboxylic acids is 1. The first kappa shape index (κ1) is 18.5. The second-order valence-corrected chi connectivity index (χ2v) is 6.76. The third-order valence-electron chi connectivity index (χ3n) is 4.07. The number of benzene rings is 2. The summed E-state index contributed by atoms with van der Waals surface area (Å²) in [7, 11) is 1.63. The van der Waals surface area contributed by atoms with Crippen molar-refractivity contribution in [2.75, 3.05) is 32.2 Å². The van der Waals surface area contributed by atoms with Gasteiger partial charge in [0.1, 0.15) is 19.0 Å². The van der Waals surface area contributed by atoms with Gasteiger partial charge >= 0.3 is 0 Å². The molecule has 0 aromatic heterocycles. The number of hydrogen-bond donors (Lipinski definition) is 2. The van der Waals surface area contributed by atoms with Crippen molar-refractivity contribution in [1.82, 2.24) is 5.32 Å². The van der Waals surface area contributed by atoms with Crippen molar-refractivity contribution < 1.29 is 19.0 Å². The van der Waals surface area contributed by atoms with Crippen LogP contribution in [0.15, 0.2) is 40.9 Å². The van der Waals surface area contributed by atoms with Crippen molar-refractivity contribution in [2.45, 2.75) is 13.0 Å². The third kappa shape index (κ3) is 4.47. The van der Waals surface area contributed by atoms with E-state index in [2.05, 4.69) is 26.6 Å². The summed E-state index contributed by atoms with van der Waals surface area (Å²) in [5, 5.41) is 6.08. The number of methoxy groups -OCH3 is 1. The molecule has 1 atom stereocenters. The maximum atomic E-state index is 12.2. The van der Waals surface area contributed by atoms with Crippen LogP contribution >= 0.6 is 15.9 Å². The zero-order valence-electron chi connectivity index (χ0n) is 14.7. The van der Waals surface area contributed by atoms with Crippen molar-refractivity contribution in [3.8, 4) is 17.2 Å². The van der Waals surface area contributed by atoms with Gasteiger partial charge in [-0.05, 0) is 52.7 Å². The number of hydrogen-bond acceptors (Lipinski definition) is 5. The summed E-state index contributed by atoms with van der Waals surface area (Å²) in [6, 6.07) is 11.2. The molecule has 1 amide bonds. The van der Waals surface area contributed by atoms with Crippen LogP contribution in [0.1, 0.15) is 18.5 Å². The number of anilines is 1. The lowest BCUT2D eigenvalue weighted by molar-refractivity contribution is -0.115. The Morgan fingerprint density at radius 1 is 1.19 bits per heavy atom. The molecule has 0 saturated carbocycles. The Kier molecular flexibility index (Phi) is 6.00. The number of carbonyl (C=O) groups is 1. The molecule has 1 heterocycles. The van der Waals surface area contributed by atoms with Crippen LogP contribution < -0.4 is 24.8 Å². The second-order valence-electron chi connectivity index (χ2n) is 5.90. The monoisotopic (exact) mass is 420 g/mol. The lowest BCUT2D eigenvalue weighted by Crippen LogP contribution is -2.30. The number of amides is 1. The van der Waals surface area contributed by atoms with E-state index in [1.54, 1.807) is 25.3 Å². The molecule has 1 aliphatic rings. The normalized spacial score (nSPS) is 13.8. The molecule has 0 saturated heterocycles. The van der Waals surface area contributed by atoms with Gasteiger partial charge in [-0.1, -0.05) is 6.07 Å². The van der Waals surface area contributed by atoms with Gasteiger partial charge in [0.15, 0.2) is 11.5 Å². The number of halogens is 1. The van der Waals surface area contributed by atoms with Gasteiger partial charge in [-0.2, -0.15) is 0 Å². The van der Waals surface area contributed by atoms with E-state index in [0.29, 0.717) is 30.4 Å². The highest BCUT2D eigenvalue weighted by molar-refractivity contribution is 9.10. The van der Waals surface area contributed by atoms with E-state index < -0.39 is 0 Å². The van der Waals surface area contributed by atoms with Gasteiger partial charge in [0.25, 0.3) is 0 Å². The first-order valence-corrected chi connectivity index (χ1v) is 9.12. The Morgan fingerprint density at radius 3 is 2.69 bits per heavy atom. The predicted molar refractivity (Wildman–Crippen MR) is 103 cm³/mol. The topological polar surface area (TPSA) is 68.8 Å². The van der Waals surface area contributed by atoms with Crippen LogP contribution in [-0.2, 0) is 4.79 Å². The molecular weight excluding hydrogens is 400 g/mol. The Balaban J connectivity index is 1.54. The summed E-state index contributed by atoms with van der Waals surface area (Å²) in [6.45, 7) is 3.26. The quantitative estimate of drug-likeness (QED) is 0.747. The van der Waals surface area contributed by atoms with Crippen LogP contribution in [0.5, 0.6) is 17.2 Å². The van der Waals surface area contributed by atoms with Crippen molar-refractivity contribution in [2.24, 2.45) is 0 Å². The van der Waals surface area contributed by atoms with E-state index in [-0.39, 0.29) is 18.5 Å². The van der Waals surface area contributed by atoms with Crippen LogP contribution in [-0.4, -0.2) is 32.8 Å². The Labute approximate surface area is 161 Å². The fourth-order valence-corrected chi connectivity index (χ4v) is 3.20. The number of fused-ring (bicyclic) bond motifs is 1. The average Bonchev–Trinajstić information content (AvgIpc) is 2.66. The van der Waals surface area contributed by atoms with Crippen molar-refractivity contribution in [1.29, 1.82) is 0 Å². The molecule has 1 aliphatic heterocycles. The van der Waals surface area contributed by atoms with Gasteiger partial charge in [-0.3, -0.25) is 4.79 Å². The van der Waals surface area contributed by atoms with E-state index in [1.165, 1.54) is 0 Å². The summed E-state index contributed by atoms with van der Waals surface area (Å²) in [4.78, 5) is 12.2. The molecule has 1 unspecified atom stereocenters. The van der Waals surface area contributed by atoms with Crippen LogP contribution in [0.2, 0.25) is 0 Å². The summed E-state index contributed by atoms with van der Waals surface area (Å²) >= 11 is 3.48. The fourth-order valence-electron chi connectivity index (χ4n) is 2.64. The standard InChI is InChI=1S/C19H21BrN2O4/c1-12(13-3-5-16(24-2)15(20)9-13)21-11-19(23)22-14-4-6-17-18(10-14)26-8-7-25-17/h3-6,9-10,12,21H,7-8,11H2,1-2H3,(H,22,23). The maximum absolute atomic E-state index is 12.2. The minimum Gasteiger partial charge on any atom is -0.496 e. The Hall–Kier alpha value is -2.25. The van der Waals surface area contributed by atoms with E-state index >= 15 is 0 Å². The zero-order valence-corrected chi connectivity index (χ0v) is 16.3. The molecule has 0 spiro atoms. The van der Waals surface area contributed by atoms with Gasteiger partial charge in [-0.15, -0.1) is 0 Å². The summed E-state index contributed by atoms with van der Waals surface area (Å²) in [6.07, 6.45) is 0. The Bertz CT molecular complexity index is 797. The van der Waals surface area contributed by atoms with Gasteiger partial charge in [0.05, 0.1) is 18.1 Å².